The first kappa shape index (κ1) is 21.3. The van der Waals surface area contributed by atoms with Crippen LogP contribution in [0.1, 0.15) is 76.6 Å². The van der Waals surface area contributed by atoms with Crippen molar-refractivity contribution in [3.8, 4) is 0 Å². The topological polar surface area (TPSA) is 70.8 Å². The van der Waals surface area contributed by atoms with Crippen LogP contribution in [-0.2, 0) is 12.8 Å². The van der Waals surface area contributed by atoms with Crippen molar-refractivity contribution in [3.05, 3.63) is 76.6 Å². The zero-order valence-corrected chi connectivity index (χ0v) is 18.1. The van der Waals surface area contributed by atoms with Gasteiger partial charge in [0.25, 0.3) is 0 Å². The van der Waals surface area contributed by atoms with E-state index in [4.69, 9.17) is 0 Å². The molecule has 0 radical (unpaired) electrons. The molecule has 0 atom stereocenters. The van der Waals surface area contributed by atoms with Crippen LogP contribution in [0.2, 0.25) is 0 Å². The van der Waals surface area contributed by atoms with E-state index in [9.17, 15) is 14.7 Å². The van der Waals surface area contributed by atoms with Crippen LogP contribution in [0.3, 0.4) is 0 Å². The molecule has 0 amide bonds. The lowest BCUT2D eigenvalue weighted by Gasteiger charge is -2.11. The molecule has 0 saturated heterocycles. The van der Waals surface area contributed by atoms with E-state index in [1.165, 1.54) is 37.3 Å². The number of nitrogens with one attached hydrogen (secondary N) is 1. The highest BCUT2D eigenvalue weighted by atomic mass is 16.4. The number of benzene rings is 1. The molecular formula is C26H30N2O3. The highest BCUT2D eigenvalue weighted by molar-refractivity contribution is 6.09. The summed E-state index contributed by atoms with van der Waals surface area (Å²) >= 11 is 0. The molecule has 0 aliphatic heterocycles. The van der Waals surface area contributed by atoms with Crippen LogP contribution in [0.25, 0.3) is 5.52 Å². The lowest BCUT2D eigenvalue weighted by molar-refractivity contribution is 0.0696. The number of carbonyl (C=O) groups excluding carboxylic acids is 1. The lowest BCUT2D eigenvalue weighted by atomic mass is 10.0. The van der Waals surface area contributed by atoms with Crippen LogP contribution in [0.5, 0.6) is 0 Å². The fourth-order valence-corrected chi connectivity index (χ4v) is 4.58. The van der Waals surface area contributed by atoms with Gasteiger partial charge < -0.3 is 14.8 Å². The molecule has 5 heteroatoms. The Morgan fingerprint density at radius 2 is 1.81 bits per heavy atom. The monoisotopic (exact) mass is 418 g/mol. The second-order valence-corrected chi connectivity index (χ2v) is 8.45. The summed E-state index contributed by atoms with van der Waals surface area (Å²) in [4.78, 5) is 24.6. The highest BCUT2D eigenvalue weighted by Crippen LogP contribution is 2.23. The van der Waals surface area contributed by atoms with Crippen molar-refractivity contribution in [1.29, 1.82) is 0 Å². The highest BCUT2D eigenvalue weighted by Gasteiger charge is 2.19. The number of pyridine rings is 1. The molecule has 3 aromatic rings. The van der Waals surface area contributed by atoms with E-state index < -0.39 is 5.97 Å². The maximum Gasteiger partial charge on any atom is 0.335 e. The molecule has 2 N–H and O–H groups in total. The third-order valence-corrected chi connectivity index (χ3v) is 6.34. The van der Waals surface area contributed by atoms with Crippen LogP contribution in [0, 0.1) is 0 Å². The summed E-state index contributed by atoms with van der Waals surface area (Å²) < 4.78 is 1.80. The maximum atomic E-state index is 13.3. The van der Waals surface area contributed by atoms with Crippen molar-refractivity contribution in [1.82, 2.24) is 9.72 Å². The molecule has 1 fully saturated rings. The third-order valence-electron chi connectivity index (χ3n) is 6.34. The Balaban J connectivity index is 1.46. The predicted molar refractivity (Wildman–Crippen MR) is 122 cm³/mol. The van der Waals surface area contributed by atoms with E-state index >= 15 is 0 Å². The van der Waals surface area contributed by atoms with Crippen LogP contribution >= 0.6 is 0 Å². The normalized spacial score (nSPS) is 14.4. The standard InChI is InChI=1S/C26H30N2O3/c1-2-19-16-23-17-21(26(30)31)13-15-28(23)24(19)25(29)20-11-9-18(10-12-20)6-5-14-27-22-7-3-4-8-22/h9-13,15-17,22,27H,2-8,14H2,1H3,(H,30,31). The zero-order chi connectivity index (χ0) is 21.8. The minimum Gasteiger partial charge on any atom is -0.478 e. The lowest BCUT2D eigenvalue weighted by Crippen LogP contribution is -2.27. The molecule has 31 heavy (non-hydrogen) atoms. The minimum atomic E-state index is -0.969. The summed E-state index contributed by atoms with van der Waals surface area (Å²) in [5.74, 6) is -1.00. The van der Waals surface area contributed by atoms with Gasteiger partial charge in [0.1, 0.15) is 0 Å². The van der Waals surface area contributed by atoms with Gasteiger partial charge >= 0.3 is 5.97 Å². The Hall–Kier alpha value is -2.92. The second kappa shape index (κ2) is 9.48. The van der Waals surface area contributed by atoms with Gasteiger partial charge in [0, 0.05) is 23.3 Å². The van der Waals surface area contributed by atoms with Crippen molar-refractivity contribution in [3.63, 3.8) is 0 Å². The molecule has 5 nitrogen and oxygen atoms in total. The predicted octanol–water partition coefficient (Wildman–Crippen LogP) is 4.90. The largest absolute Gasteiger partial charge is 0.478 e. The molecular weight excluding hydrogens is 388 g/mol. The van der Waals surface area contributed by atoms with Crippen molar-refractivity contribution < 1.29 is 14.7 Å². The number of ketones is 1. The number of carboxylic acids is 1. The van der Waals surface area contributed by atoms with Gasteiger partial charge in [0.2, 0.25) is 5.78 Å². The molecule has 1 aliphatic carbocycles. The summed E-state index contributed by atoms with van der Waals surface area (Å²) in [6.07, 6.45) is 9.80. The average molecular weight is 419 g/mol. The van der Waals surface area contributed by atoms with E-state index in [1.807, 2.05) is 37.3 Å². The van der Waals surface area contributed by atoms with Crippen molar-refractivity contribution in [2.45, 2.75) is 57.9 Å². The Morgan fingerprint density at radius 3 is 2.48 bits per heavy atom. The first-order valence-corrected chi connectivity index (χ1v) is 11.3. The Morgan fingerprint density at radius 1 is 1.06 bits per heavy atom. The van der Waals surface area contributed by atoms with Gasteiger partial charge in [-0.15, -0.1) is 0 Å². The molecule has 162 valence electrons. The van der Waals surface area contributed by atoms with E-state index in [-0.39, 0.29) is 11.3 Å². The smallest absolute Gasteiger partial charge is 0.335 e. The molecule has 2 aromatic heterocycles. The first-order chi connectivity index (χ1) is 15.1. The van der Waals surface area contributed by atoms with E-state index in [0.717, 1.165) is 30.5 Å². The van der Waals surface area contributed by atoms with Crippen LogP contribution in [0.4, 0.5) is 0 Å². The van der Waals surface area contributed by atoms with Crippen LogP contribution in [-0.4, -0.2) is 33.8 Å². The number of carbonyl (C=O) groups is 2. The molecule has 4 rings (SSSR count). The number of hydrogen-bond donors (Lipinski definition) is 2. The molecule has 1 aliphatic rings. The van der Waals surface area contributed by atoms with Gasteiger partial charge in [-0.1, -0.05) is 44.0 Å². The van der Waals surface area contributed by atoms with Crippen molar-refractivity contribution in [2.24, 2.45) is 0 Å². The number of nitrogens with zero attached hydrogens (tertiary/aromatic N) is 1. The molecule has 0 spiro atoms. The van der Waals surface area contributed by atoms with E-state index in [0.29, 0.717) is 23.7 Å². The Kier molecular flexibility index (Phi) is 6.52. The van der Waals surface area contributed by atoms with Crippen molar-refractivity contribution in [2.75, 3.05) is 6.54 Å². The third kappa shape index (κ3) is 4.72. The number of aromatic carboxylic acids is 1. The molecule has 0 bridgehead atoms. The summed E-state index contributed by atoms with van der Waals surface area (Å²) in [5.41, 5.74) is 4.39. The van der Waals surface area contributed by atoms with Crippen LogP contribution in [0.15, 0.2) is 48.7 Å². The molecule has 1 saturated carbocycles. The van der Waals surface area contributed by atoms with Gasteiger partial charge in [0.15, 0.2) is 0 Å². The number of carboxylic acid groups (broad SMARTS) is 1. The van der Waals surface area contributed by atoms with Gasteiger partial charge in [0.05, 0.1) is 11.3 Å². The zero-order valence-electron chi connectivity index (χ0n) is 18.1. The van der Waals surface area contributed by atoms with Crippen molar-refractivity contribution >= 4 is 17.3 Å². The van der Waals surface area contributed by atoms with Gasteiger partial charge in [-0.3, -0.25) is 4.79 Å². The summed E-state index contributed by atoms with van der Waals surface area (Å²) in [6.45, 7) is 3.05. The maximum absolute atomic E-state index is 13.3. The summed E-state index contributed by atoms with van der Waals surface area (Å²) in [5, 5.41) is 12.9. The quantitative estimate of drug-likeness (QED) is 0.383. The summed E-state index contributed by atoms with van der Waals surface area (Å²) in [6, 6.07) is 13.7. The van der Waals surface area contributed by atoms with E-state index in [1.54, 1.807) is 16.7 Å². The first-order valence-electron chi connectivity index (χ1n) is 11.3. The fourth-order valence-electron chi connectivity index (χ4n) is 4.58. The van der Waals surface area contributed by atoms with Gasteiger partial charge in [-0.2, -0.15) is 0 Å². The number of aromatic nitrogens is 1. The molecule has 2 heterocycles. The molecule has 1 aromatic carbocycles. The minimum absolute atomic E-state index is 0.0330. The second-order valence-electron chi connectivity index (χ2n) is 8.45. The SMILES string of the molecule is CCc1cc2cc(C(=O)O)ccn2c1C(=O)c1ccc(CCCNC2CCCC2)cc1. The summed E-state index contributed by atoms with van der Waals surface area (Å²) in [7, 11) is 0. The van der Waals surface area contributed by atoms with Gasteiger partial charge in [-0.25, -0.2) is 4.79 Å². The van der Waals surface area contributed by atoms with Crippen LogP contribution < -0.4 is 5.32 Å². The Labute approximate surface area is 183 Å². The number of aryl methyl sites for hydroxylation is 2. The van der Waals surface area contributed by atoms with E-state index in [2.05, 4.69) is 5.32 Å². The number of rotatable bonds is 9. The molecule has 0 unspecified atom stereocenters. The van der Waals surface area contributed by atoms with Gasteiger partial charge in [-0.05, 0) is 68.0 Å². The average Bonchev–Trinajstić information content (AvgIpc) is 3.43. The number of hydrogen-bond acceptors (Lipinski definition) is 3. The number of fused-ring (bicyclic) bond motifs is 1. The Bertz CT molecular complexity index is 1080. The fraction of sp³-hybridized carbons (Fsp3) is 0.385.